The highest BCUT2D eigenvalue weighted by Gasteiger charge is 2.51. The van der Waals surface area contributed by atoms with E-state index in [0.717, 1.165) is 32.7 Å². The zero-order valence-corrected chi connectivity index (χ0v) is 18.7. The predicted octanol–water partition coefficient (Wildman–Crippen LogP) is 3.29. The predicted molar refractivity (Wildman–Crippen MR) is 119 cm³/mol. The third-order valence-corrected chi connectivity index (χ3v) is 6.65. The van der Waals surface area contributed by atoms with Crippen molar-refractivity contribution < 1.29 is 9.90 Å². The Labute approximate surface area is 184 Å². The number of likely N-dealkylation sites (tertiary alicyclic amines) is 1. The first kappa shape index (κ1) is 19.9. The van der Waals surface area contributed by atoms with E-state index in [4.69, 9.17) is 11.6 Å². The Morgan fingerprint density at radius 1 is 1.18 bits per heavy atom. The van der Waals surface area contributed by atoms with Gasteiger partial charge < -0.3 is 14.9 Å². The molecule has 2 aliphatic heterocycles. The molecular weight excluding hydrogens is 489 g/mol. The van der Waals surface area contributed by atoms with Crippen molar-refractivity contribution in [1.82, 2.24) is 14.7 Å². The van der Waals surface area contributed by atoms with Crippen LogP contribution in [0.4, 0.5) is 0 Å². The van der Waals surface area contributed by atoms with Crippen molar-refractivity contribution in [3.05, 3.63) is 62.2 Å². The van der Waals surface area contributed by atoms with E-state index in [1.807, 2.05) is 33.6 Å². The van der Waals surface area contributed by atoms with Gasteiger partial charge in [-0.2, -0.15) is 0 Å². The van der Waals surface area contributed by atoms with Gasteiger partial charge in [0.2, 0.25) is 0 Å². The molecular formula is C21H23ClIN3O2. The highest BCUT2D eigenvalue weighted by atomic mass is 127. The van der Waals surface area contributed by atoms with Crippen molar-refractivity contribution in [3.63, 3.8) is 0 Å². The van der Waals surface area contributed by atoms with Gasteiger partial charge in [-0.1, -0.05) is 41.9 Å². The van der Waals surface area contributed by atoms with Gasteiger partial charge in [-0.3, -0.25) is 9.69 Å². The Morgan fingerprint density at radius 3 is 2.57 bits per heavy atom. The molecule has 0 unspecified atom stereocenters. The number of nitrogens with zero attached hydrogens (tertiary/aromatic N) is 3. The molecule has 2 fully saturated rings. The minimum Gasteiger partial charge on any atom is -0.506 e. The molecule has 2 aromatic rings. The average molecular weight is 512 g/mol. The van der Waals surface area contributed by atoms with Crippen molar-refractivity contribution >= 4 is 40.1 Å². The van der Waals surface area contributed by atoms with Crippen LogP contribution in [0.5, 0.6) is 5.75 Å². The third-order valence-electron chi connectivity index (χ3n) is 5.61. The van der Waals surface area contributed by atoms with Crippen molar-refractivity contribution in [2.45, 2.75) is 12.1 Å². The first-order chi connectivity index (χ1) is 13.4. The lowest BCUT2D eigenvalue weighted by molar-refractivity contribution is -0.0751. The molecule has 4 rings (SSSR count). The zero-order valence-electron chi connectivity index (χ0n) is 15.7. The summed E-state index contributed by atoms with van der Waals surface area (Å²) in [4.78, 5) is 20.0. The second-order valence-electron chi connectivity index (χ2n) is 7.83. The summed E-state index contributed by atoms with van der Waals surface area (Å²) in [5.41, 5.74) is 1.36. The third kappa shape index (κ3) is 3.75. The van der Waals surface area contributed by atoms with Crippen molar-refractivity contribution in [2.75, 3.05) is 39.8 Å². The Kier molecular flexibility index (Phi) is 5.57. The van der Waals surface area contributed by atoms with Crippen molar-refractivity contribution in [3.8, 4) is 5.75 Å². The molecule has 0 aromatic heterocycles. The topological polar surface area (TPSA) is 47.0 Å². The normalized spacial score (nSPS) is 19.6. The number of amides is 1. The molecule has 0 radical (unpaired) electrons. The zero-order chi connectivity index (χ0) is 19.9. The number of phenols is 1. The average Bonchev–Trinajstić information content (AvgIpc) is 2.64. The van der Waals surface area contributed by atoms with E-state index in [9.17, 15) is 9.90 Å². The summed E-state index contributed by atoms with van der Waals surface area (Å²) in [6.07, 6.45) is 0. The molecule has 0 aliphatic carbocycles. The van der Waals surface area contributed by atoms with Crippen LogP contribution < -0.4 is 0 Å². The fourth-order valence-electron chi connectivity index (χ4n) is 4.46. The molecule has 7 heteroatoms. The fraction of sp³-hybridized carbons (Fsp3) is 0.381. The van der Waals surface area contributed by atoms with Crippen LogP contribution in [0.25, 0.3) is 0 Å². The molecule has 148 valence electrons. The molecule has 2 saturated heterocycles. The molecule has 1 N–H and O–H groups in total. The highest BCUT2D eigenvalue weighted by molar-refractivity contribution is 14.1. The van der Waals surface area contributed by atoms with Gasteiger partial charge in [-0.25, -0.2) is 0 Å². The lowest BCUT2D eigenvalue weighted by Gasteiger charge is -2.59. The lowest BCUT2D eigenvalue weighted by Crippen LogP contribution is -2.77. The van der Waals surface area contributed by atoms with Crippen molar-refractivity contribution in [2.24, 2.45) is 0 Å². The molecule has 0 atom stereocenters. The molecule has 5 nitrogen and oxygen atoms in total. The molecule has 0 saturated carbocycles. The number of carbonyl (C=O) groups excluding carboxylic acids is 1. The standard InChI is InChI=1S/C21H23ClIN3O2/c1-24-12-21(13-24)14-25(11-15-5-3-2-4-6-15)7-8-26(21)20(28)17-9-16(22)10-18(23)19(17)27/h2-6,9-10,27H,7-8,11-14H2,1H3. The first-order valence-corrected chi connectivity index (χ1v) is 10.8. The number of halogens is 2. The summed E-state index contributed by atoms with van der Waals surface area (Å²) in [5.74, 6) is -0.116. The van der Waals surface area contributed by atoms with Gasteiger partial charge in [0.15, 0.2) is 0 Å². The van der Waals surface area contributed by atoms with Crippen LogP contribution >= 0.6 is 34.2 Å². The monoisotopic (exact) mass is 511 g/mol. The van der Waals surface area contributed by atoms with E-state index in [-0.39, 0.29) is 17.2 Å². The van der Waals surface area contributed by atoms with E-state index in [2.05, 4.69) is 41.1 Å². The number of hydrogen-bond donors (Lipinski definition) is 1. The number of piperazine rings is 1. The van der Waals surface area contributed by atoms with Crippen LogP contribution in [-0.4, -0.2) is 71.0 Å². The Hall–Kier alpha value is -1.35. The van der Waals surface area contributed by atoms with Crippen LogP contribution in [0.1, 0.15) is 15.9 Å². The molecule has 1 amide bonds. The van der Waals surface area contributed by atoms with Crippen LogP contribution in [0.15, 0.2) is 42.5 Å². The number of aromatic hydroxyl groups is 1. The van der Waals surface area contributed by atoms with Crippen LogP contribution in [0.3, 0.4) is 0 Å². The summed E-state index contributed by atoms with van der Waals surface area (Å²) in [6.45, 7) is 4.84. The van der Waals surface area contributed by atoms with Gasteiger partial charge in [0, 0.05) is 44.3 Å². The van der Waals surface area contributed by atoms with E-state index < -0.39 is 0 Å². The van der Waals surface area contributed by atoms with E-state index >= 15 is 0 Å². The fourth-order valence-corrected chi connectivity index (χ4v) is 5.48. The van der Waals surface area contributed by atoms with Crippen LogP contribution in [0, 0.1) is 3.57 Å². The maximum atomic E-state index is 13.4. The summed E-state index contributed by atoms with van der Waals surface area (Å²) < 4.78 is 0.593. The van der Waals surface area contributed by atoms with E-state index in [1.54, 1.807) is 12.1 Å². The summed E-state index contributed by atoms with van der Waals surface area (Å²) in [6, 6.07) is 13.7. The molecule has 1 spiro atoms. The number of hydrogen-bond acceptors (Lipinski definition) is 4. The van der Waals surface area contributed by atoms with Gasteiger partial charge in [-0.05, 0) is 47.3 Å². The largest absolute Gasteiger partial charge is 0.506 e. The molecule has 2 heterocycles. The highest BCUT2D eigenvalue weighted by Crippen LogP contribution is 2.36. The summed E-state index contributed by atoms with van der Waals surface area (Å²) >= 11 is 8.17. The number of rotatable bonds is 3. The number of likely N-dealkylation sites (N-methyl/N-ethyl adjacent to an activating group) is 1. The van der Waals surface area contributed by atoms with Gasteiger partial charge in [0.1, 0.15) is 5.75 Å². The first-order valence-electron chi connectivity index (χ1n) is 9.33. The Morgan fingerprint density at radius 2 is 1.89 bits per heavy atom. The SMILES string of the molecule is CN1CC2(C1)CN(Cc1ccccc1)CCN2C(=O)c1cc(Cl)cc(I)c1O. The second kappa shape index (κ2) is 7.82. The quantitative estimate of drug-likeness (QED) is 0.643. The molecule has 0 bridgehead atoms. The number of phenolic OH excluding ortho intramolecular Hbond substituents is 1. The van der Waals surface area contributed by atoms with Crippen LogP contribution in [-0.2, 0) is 6.54 Å². The second-order valence-corrected chi connectivity index (χ2v) is 9.43. The maximum Gasteiger partial charge on any atom is 0.258 e. The molecule has 28 heavy (non-hydrogen) atoms. The number of carbonyl (C=O) groups is 1. The minimum atomic E-state index is -0.223. The number of benzene rings is 2. The Balaban J connectivity index is 1.57. The van der Waals surface area contributed by atoms with Crippen LogP contribution in [0.2, 0.25) is 5.02 Å². The van der Waals surface area contributed by atoms with E-state index in [1.165, 1.54) is 5.56 Å². The van der Waals surface area contributed by atoms with Crippen molar-refractivity contribution in [1.29, 1.82) is 0 Å². The van der Waals surface area contributed by atoms with Gasteiger partial charge in [0.05, 0.1) is 14.7 Å². The minimum absolute atomic E-state index is 0.0181. The lowest BCUT2D eigenvalue weighted by atomic mass is 9.84. The molecule has 2 aromatic carbocycles. The smallest absolute Gasteiger partial charge is 0.258 e. The van der Waals surface area contributed by atoms with Gasteiger partial charge >= 0.3 is 0 Å². The molecule has 2 aliphatic rings. The van der Waals surface area contributed by atoms with Gasteiger partial charge in [-0.15, -0.1) is 0 Å². The summed E-state index contributed by atoms with van der Waals surface area (Å²) in [7, 11) is 2.07. The maximum absolute atomic E-state index is 13.4. The van der Waals surface area contributed by atoms with Gasteiger partial charge in [0.25, 0.3) is 5.91 Å². The Bertz CT molecular complexity index is 887. The summed E-state index contributed by atoms with van der Waals surface area (Å²) in [5, 5.41) is 10.9. The van der Waals surface area contributed by atoms with E-state index in [0.29, 0.717) is 20.7 Å².